The number of nitrogens with zero attached hydrogens (tertiary/aromatic N) is 2. The minimum absolute atomic E-state index is 0.0572. The van der Waals surface area contributed by atoms with Crippen LogP contribution in [0, 0.1) is 0 Å². The fraction of sp³-hybridized carbons (Fsp3) is 0.190. The number of hydrogen-bond acceptors (Lipinski definition) is 2. The van der Waals surface area contributed by atoms with Crippen molar-refractivity contribution in [2.24, 2.45) is 7.05 Å². The number of aliphatic hydroxyl groups excluding tert-OH is 1. The molecule has 1 amide bonds. The first-order valence-corrected chi connectivity index (χ1v) is 8.41. The maximum Gasteiger partial charge on any atom is 0.270 e. The molecule has 0 unspecified atom stereocenters. The lowest BCUT2D eigenvalue weighted by Gasteiger charge is -2.32. The summed E-state index contributed by atoms with van der Waals surface area (Å²) < 4.78 is 1.92. The van der Waals surface area contributed by atoms with Gasteiger partial charge in [-0.25, -0.2) is 0 Å². The molecule has 4 nitrogen and oxygen atoms in total. The van der Waals surface area contributed by atoms with E-state index in [4.69, 9.17) is 0 Å². The van der Waals surface area contributed by atoms with Gasteiger partial charge in [0.15, 0.2) is 0 Å². The number of amides is 1. The highest BCUT2D eigenvalue weighted by molar-refractivity contribution is 5.94. The van der Waals surface area contributed by atoms with Gasteiger partial charge in [-0.3, -0.25) is 4.79 Å². The molecule has 25 heavy (non-hydrogen) atoms. The second-order valence-electron chi connectivity index (χ2n) is 6.43. The Morgan fingerprint density at radius 3 is 2.52 bits per heavy atom. The van der Waals surface area contributed by atoms with E-state index in [2.05, 4.69) is 0 Å². The number of benzene rings is 2. The van der Waals surface area contributed by atoms with E-state index in [9.17, 15) is 9.90 Å². The van der Waals surface area contributed by atoms with Crippen LogP contribution in [-0.4, -0.2) is 27.0 Å². The Morgan fingerprint density at radius 1 is 1.00 bits per heavy atom. The van der Waals surface area contributed by atoms with Crippen LogP contribution in [0.4, 0.5) is 0 Å². The lowest BCUT2D eigenvalue weighted by Crippen LogP contribution is -2.39. The molecule has 4 heteroatoms. The van der Waals surface area contributed by atoms with Crippen molar-refractivity contribution in [2.45, 2.75) is 12.6 Å². The predicted octanol–water partition coefficient (Wildman–Crippen LogP) is 3.38. The Kier molecular flexibility index (Phi) is 3.90. The number of carbonyl (C=O) groups excluding carboxylic acids is 1. The molecule has 2 heterocycles. The molecule has 4 rings (SSSR count). The summed E-state index contributed by atoms with van der Waals surface area (Å²) in [6, 6.07) is 21.6. The van der Waals surface area contributed by atoms with Gasteiger partial charge in [0.1, 0.15) is 5.69 Å². The molecule has 126 valence electrons. The fourth-order valence-corrected chi connectivity index (χ4v) is 3.52. The summed E-state index contributed by atoms with van der Waals surface area (Å²) in [7, 11) is 1.91. The Bertz CT molecular complexity index is 915. The highest BCUT2D eigenvalue weighted by atomic mass is 16.3. The summed E-state index contributed by atoms with van der Waals surface area (Å²) in [4.78, 5) is 14.7. The lowest BCUT2D eigenvalue weighted by molar-refractivity contribution is 0.0541. The minimum Gasteiger partial charge on any atom is -0.387 e. The van der Waals surface area contributed by atoms with Crippen molar-refractivity contribution >= 4 is 5.91 Å². The zero-order valence-electron chi connectivity index (χ0n) is 14.1. The van der Waals surface area contributed by atoms with Crippen molar-refractivity contribution < 1.29 is 9.90 Å². The van der Waals surface area contributed by atoms with E-state index >= 15 is 0 Å². The Balaban J connectivity index is 1.64. The number of fused-ring (bicyclic) bond motifs is 1. The van der Waals surface area contributed by atoms with Gasteiger partial charge < -0.3 is 14.6 Å². The van der Waals surface area contributed by atoms with E-state index in [0.717, 1.165) is 22.4 Å². The van der Waals surface area contributed by atoms with Crippen LogP contribution in [0.25, 0.3) is 11.3 Å². The normalized spacial score (nSPS) is 16.6. The van der Waals surface area contributed by atoms with Gasteiger partial charge >= 0.3 is 0 Å². The van der Waals surface area contributed by atoms with Gasteiger partial charge in [0, 0.05) is 19.3 Å². The summed E-state index contributed by atoms with van der Waals surface area (Å²) in [5.74, 6) is -0.0572. The van der Waals surface area contributed by atoms with Gasteiger partial charge in [-0.1, -0.05) is 54.6 Å². The first-order chi connectivity index (χ1) is 12.1. The smallest absolute Gasteiger partial charge is 0.270 e. The molecule has 1 aromatic heterocycles. The summed E-state index contributed by atoms with van der Waals surface area (Å²) in [5.41, 5.74) is 4.64. The number of aliphatic hydroxyl groups is 1. The monoisotopic (exact) mass is 332 g/mol. The predicted molar refractivity (Wildman–Crippen MR) is 97.0 cm³/mol. The van der Waals surface area contributed by atoms with Crippen LogP contribution >= 0.6 is 0 Å². The van der Waals surface area contributed by atoms with Gasteiger partial charge in [-0.2, -0.15) is 0 Å². The van der Waals surface area contributed by atoms with E-state index in [1.165, 1.54) is 0 Å². The second-order valence-corrected chi connectivity index (χ2v) is 6.43. The van der Waals surface area contributed by atoms with E-state index in [1.807, 2.05) is 78.3 Å². The van der Waals surface area contributed by atoms with Crippen molar-refractivity contribution in [1.29, 1.82) is 0 Å². The molecule has 2 aromatic carbocycles. The zero-order valence-corrected chi connectivity index (χ0v) is 14.1. The van der Waals surface area contributed by atoms with Crippen LogP contribution < -0.4 is 0 Å². The SMILES string of the molecule is Cn1c(C(=O)N2Cc3ccccc3[C@H](O)C2)ccc1-c1ccccc1. The van der Waals surface area contributed by atoms with Crippen LogP contribution in [0.2, 0.25) is 0 Å². The molecule has 0 bridgehead atoms. The summed E-state index contributed by atoms with van der Waals surface area (Å²) in [6.45, 7) is 0.847. The molecule has 0 fully saturated rings. The lowest BCUT2D eigenvalue weighted by atomic mass is 9.97. The van der Waals surface area contributed by atoms with E-state index in [0.29, 0.717) is 18.8 Å². The second kappa shape index (κ2) is 6.22. The standard InChI is InChI=1S/C21H20N2O2/c1-22-18(15-7-3-2-4-8-15)11-12-19(22)21(25)23-13-16-9-5-6-10-17(16)20(24)14-23/h2-12,20,24H,13-14H2,1H3/t20-/m1/s1. The highest BCUT2D eigenvalue weighted by Gasteiger charge is 2.28. The molecule has 1 aliphatic rings. The van der Waals surface area contributed by atoms with Crippen molar-refractivity contribution in [3.8, 4) is 11.3 Å². The largest absolute Gasteiger partial charge is 0.387 e. The summed E-state index contributed by atoms with van der Waals surface area (Å²) in [6.07, 6.45) is -0.636. The Morgan fingerprint density at radius 2 is 1.72 bits per heavy atom. The number of β-amino-alcohol motifs (C(OH)–C–C–N with tert-alkyl or cyclic N) is 1. The third-order valence-corrected chi connectivity index (χ3v) is 4.87. The zero-order chi connectivity index (χ0) is 17.4. The highest BCUT2D eigenvalue weighted by Crippen LogP contribution is 2.28. The number of carbonyl (C=O) groups is 1. The van der Waals surface area contributed by atoms with Crippen LogP contribution in [0.15, 0.2) is 66.7 Å². The van der Waals surface area contributed by atoms with Crippen molar-refractivity contribution in [3.05, 3.63) is 83.6 Å². The molecule has 0 saturated carbocycles. The van der Waals surface area contributed by atoms with Crippen molar-refractivity contribution in [1.82, 2.24) is 9.47 Å². The van der Waals surface area contributed by atoms with Crippen molar-refractivity contribution in [3.63, 3.8) is 0 Å². The van der Waals surface area contributed by atoms with Gasteiger partial charge in [0.05, 0.1) is 12.6 Å². The minimum atomic E-state index is -0.636. The third-order valence-electron chi connectivity index (χ3n) is 4.87. The van der Waals surface area contributed by atoms with Gasteiger partial charge in [0.25, 0.3) is 5.91 Å². The maximum atomic E-state index is 13.0. The summed E-state index contributed by atoms with van der Waals surface area (Å²) in [5, 5.41) is 10.4. The van der Waals surface area contributed by atoms with Crippen LogP contribution in [0.5, 0.6) is 0 Å². The quantitative estimate of drug-likeness (QED) is 0.782. The Labute approximate surface area is 146 Å². The molecule has 0 radical (unpaired) electrons. The summed E-state index contributed by atoms with van der Waals surface area (Å²) >= 11 is 0. The van der Waals surface area contributed by atoms with Gasteiger partial charge in [-0.05, 0) is 28.8 Å². The maximum absolute atomic E-state index is 13.0. The molecule has 0 spiro atoms. The molecule has 1 N–H and O–H groups in total. The van der Waals surface area contributed by atoms with E-state index in [-0.39, 0.29) is 5.91 Å². The molecule has 1 aliphatic heterocycles. The first-order valence-electron chi connectivity index (χ1n) is 8.41. The van der Waals surface area contributed by atoms with Crippen molar-refractivity contribution in [2.75, 3.05) is 6.54 Å². The van der Waals surface area contributed by atoms with E-state index in [1.54, 1.807) is 4.90 Å². The Hall–Kier alpha value is -2.85. The number of aromatic nitrogens is 1. The molecule has 1 atom stereocenters. The number of rotatable bonds is 2. The third kappa shape index (κ3) is 2.75. The van der Waals surface area contributed by atoms with Crippen LogP contribution in [0.3, 0.4) is 0 Å². The molecular weight excluding hydrogens is 312 g/mol. The fourth-order valence-electron chi connectivity index (χ4n) is 3.52. The van der Waals surface area contributed by atoms with Gasteiger partial charge in [-0.15, -0.1) is 0 Å². The average Bonchev–Trinajstić information content (AvgIpc) is 3.03. The molecular formula is C21H20N2O2. The first kappa shape index (κ1) is 15.7. The van der Waals surface area contributed by atoms with E-state index < -0.39 is 6.10 Å². The molecule has 3 aromatic rings. The molecule has 0 saturated heterocycles. The van der Waals surface area contributed by atoms with Crippen LogP contribution in [-0.2, 0) is 13.6 Å². The topological polar surface area (TPSA) is 45.5 Å². The number of hydrogen-bond donors (Lipinski definition) is 1. The molecule has 0 aliphatic carbocycles. The van der Waals surface area contributed by atoms with Gasteiger partial charge in [0.2, 0.25) is 0 Å². The van der Waals surface area contributed by atoms with Crippen LogP contribution in [0.1, 0.15) is 27.7 Å². The average molecular weight is 332 g/mol.